The van der Waals surface area contributed by atoms with Crippen LogP contribution in [0.25, 0.3) is 6.08 Å². The van der Waals surface area contributed by atoms with Gasteiger partial charge in [-0.15, -0.1) is 0 Å². The molecule has 2 aliphatic rings. The average Bonchev–Trinajstić information content (AvgIpc) is 3.26. The van der Waals surface area contributed by atoms with Gasteiger partial charge in [-0.1, -0.05) is 48.9 Å². The van der Waals surface area contributed by atoms with Gasteiger partial charge in [-0.05, 0) is 50.1 Å². The smallest absolute Gasteiger partial charge is 0.0130 e. The Labute approximate surface area is 117 Å². The molecule has 0 N–H and O–H groups in total. The molecule has 2 fully saturated rings. The first-order valence-corrected chi connectivity index (χ1v) is 7.87. The third-order valence-electron chi connectivity index (χ3n) is 4.46. The Morgan fingerprint density at radius 2 is 1.89 bits per heavy atom. The molecule has 1 aromatic rings. The Hall–Kier alpha value is -1.08. The number of hydrogen-bond donors (Lipinski definition) is 0. The molecule has 0 amide bonds. The van der Waals surface area contributed by atoms with Crippen LogP contribution in [0.1, 0.15) is 44.1 Å². The van der Waals surface area contributed by atoms with Gasteiger partial charge < -0.3 is 0 Å². The summed E-state index contributed by atoms with van der Waals surface area (Å²) in [7, 11) is 0. The number of likely N-dealkylation sites (tertiary alicyclic amines) is 1. The van der Waals surface area contributed by atoms with Gasteiger partial charge in [0.2, 0.25) is 0 Å². The summed E-state index contributed by atoms with van der Waals surface area (Å²) in [5.41, 5.74) is 1.33. The lowest BCUT2D eigenvalue weighted by molar-refractivity contribution is 0.143. The number of benzene rings is 1. The first kappa shape index (κ1) is 12.9. The summed E-state index contributed by atoms with van der Waals surface area (Å²) in [5, 5.41) is 0. The second-order valence-corrected chi connectivity index (χ2v) is 6.14. The quantitative estimate of drug-likeness (QED) is 0.756. The Balaban J connectivity index is 1.53. The van der Waals surface area contributed by atoms with Crippen molar-refractivity contribution in [1.29, 1.82) is 0 Å². The SMILES string of the molecule is C(=C/c1ccccc1)/CC1CCCCN1CC1CC1. The van der Waals surface area contributed by atoms with Crippen molar-refractivity contribution < 1.29 is 0 Å². The minimum absolute atomic E-state index is 0.800. The van der Waals surface area contributed by atoms with Gasteiger partial charge in [0.1, 0.15) is 0 Å². The number of piperidine rings is 1. The molecule has 1 aliphatic carbocycles. The first-order chi connectivity index (χ1) is 9.42. The molecule has 1 nitrogen and oxygen atoms in total. The highest BCUT2D eigenvalue weighted by Gasteiger charge is 2.28. The molecule has 0 bridgehead atoms. The second-order valence-electron chi connectivity index (χ2n) is 6.14. The summed E-state index contributed by atoms with van der Waals surface area (Å²) in [4.78, 5) is 2.76. The van der Waals surface area contributed by atoms with E-state index in [0.29, 0.717) is 0 Å². The lowest BCUT2D eigenvalue weighted by atomic mass is 9.98. The normalized spacial score (nSPS) is 24.9. The Morgan fingerprint density at radius 1 is 1.05 bits per heavy atom. The second kappa shape index (κ2) is 6.38. The maximum absolute atomic E-state index is 2.76. The third kappa shape index (κ3) is 3.94. The van der Waals surface area contributed by atoms with E-state index in [1.54, 1.807) is 0 Å². The van der Waals surface area contributed by atoms with E-state index in [1.165, 1.54) is 57.2 Å². The summed E-state index contributed by atoms with van der Waals surface area (Å²) >= 11 is 0. The average molecular weight is 255 g/mol. The largest absolute Gasteiger partial charge is 0.300 e. The van der Waals surface area contributed by atoms with Gasteiger partial charge in [0.15, 0.2) is 0 Å². The Kier molecular flexibility index (Phi) is 4.34. The number of hydrogen-bond acceptors (Lipinski definition) is 1. The predicted molar refractivity (Wildman–Crippen MR) is 82.0 cm³/mol. The van der Waals surface area contributed by atoms with Gasteiger partial charge in [-0.3, -0.25) is 4.90 Å². The van der Waals surface area contributed by atoms with E-state index >= 15 is 0 Å². The summed E-state index contributed by atoms with van der Waals surface area (Å²) in [6, 6.07) is 11.5. The van der Waals surface area contributed by atoms with Crippen LogP contribution in [0.3, 0.4) is 0 Å². The summed E-state index contributed by atoms with van der Waals surface area (Å²) in [6.07, 6.45) is 13.1. The molecular weight excluding hydrogens is 230 g/mol. The standard InChI is InChI=1S/C18H25N/c1-2-7-16(8-3-1)9-6-11-18-10-4-5-14-19(18)15-17-12-13-17/h1-3,6-9,17-18H,4-5,10-15H2/b9-6-. The number of rotatable bonds is 5. The van der Waals surface area contributed by atoms with Gasteiger partial charge in [0.25, 0.3) is 0 Å². The minimum Gasteiger partial charge on any atom is -0.300 e. The predicted octanol–water partition coefficient (Wildman–Crippen LogP) is 4.35. The van der Waals surface area contributed by atoms with Crippen molar-refractivity contribution in [2.75, 3.05) is 13.1 Å². The van der Waals surface area contributed by atoms with E-state index < -0.39 is 0 Å². The highest BCUT2D eigenvalue weighted by Crippen LogP contribution is 2.32. The zero-order valence-electron chi connectivity index (χ0n) is 11.8. The zero-order valence-corrected chi connectivity index (χ0v) is 11.8. The van der Waals surface area contributed by atoms with Crippen LogP contribution >= 0.6 is 0 Å². The van der Waals surface area contributed by atoms with Gasteiger partial charge in [-0.2, -0.15) is 0 Å². The van der Waals surface area contributed by atoms with Gasteiger partial charge in [-0.25, -0.2) is 0 Å². The van der Waals surface area contributed by atoms with Gasteiger partial charge >= 0.3 is 0 Å². The van der Waals surface area contributed by atoms with Crippen LogP contribution in [0.2, 0.25) is 0 Å². The van der Waals surface area contributed by atoms with Crippen LogP contribution in [-0.4, -0.2) is 24.0 Å². The van der Waals surface area contributed by atoms with Crippen molar-refractivity contribution in [3.8, 4) is 0 Å². The Bertz CT molecular complexity index is 405. The molecule has 1 unspecified atom stereocenters. The van der Waals surface area contributed by atoms with Crippen molar-refractivity contribution in [3.63, 3.8) is 0 Å². The molecule has 1 aliphatic heterocycles. The molecule has 102 valence electrons. The fourth-order valence-electron chi connectivity index (χ4n) is 3.12. The Morgan fingerprint density at radius 3 is 2.68 bits per heavy atom. The fourth-order valence-corrected chi connectivity index (χ4v) is 3.12. The fraction of sp³-hybridized carbons (Fsp3) is 0.556. The zero-order chi connectivity index (χ0) is 12.9. The van der Waals surface area contributed by atoms with Crippen LogP contribution < -0.4 is 0 Å². The summed E-state index contributed by atoms with van der Waals surface area (Å²) in [5.74, 6) is 1.03. The maximum Gasteiger partial charge on any atom is 0.0130 e. The molecule has 1 saturated carbocycles. The van der Waals surface area contributed by atoms with E-state index in [-0.39, 0.29) is 0 Å². The lowest BCUT2D eigenvalue weighted by Gasteiger charge is -2.35. The topological polar surface area (TPSA) is 3.24 Å². The minimum atomic E-state index is 0.800. The van der Waals surface area contributed by atoms with E-state index in [9.17, 15) is 0 Å². The molecule has 0 radical (unpaired) electrons. The molecule has 3 rings (SSSR count). The highest BCUT2D eigenvalue weighted by molar-refractivity contribution is 5.48. The lowest BCUT2D eigenvalue weighted by Crippen LogP contribution is -2.40. The van der Waals surface area contributed by atoms with Crippen LogP contribution in [0.5, 0.6) is 0 Å². The molecule has 0 aromatic heterocycles. The highest BCUT2D eigenvalue weighted by atomic mass is 15.2. The van der Waals surface area contributed by atoms with Gasteiger partial charge in [0, 0.05) is 12.6 Å². The van der Waals surface area contributed by atoms with Crippen molar-refractivity contribution in [3.05, 3.63) is 42.0 Å². The molecule has 0 spiro atoms. The molecular formula is C18H25N. The van der Waals surface area contributed by atoms with E-state index in [2.05, 4.69) is 47.4 Å². The molecule has 19 heavy (non-hydrogen) atoms. The molecule has 1 saturated heterocycles. The van der Waals surface area contributed by atoms with Crippen molar-refractivity contribution in [1.82, 2.24) is 4.90 Å². The summed E-state index contributed by atoms with van der Waals surface area (Å²) in [6.45, 7) is 2.70. The number of nitrogens with zero attached hydrogens (tertiary/aromatic N) is 1. The molecule has 1 atom stereocenters. The van der Waals surface area contributed by atoms with Crippen LogP contribution in [-0.2, 0) is 0 Å². The maximum atomic E-state index is 2.76. The van der Waals surface area contributed by atoms with Crippen molar-refractivity contribution in [2.24, 2.45) is 5.92 Å². The molecule has 1 heteroatoms. The van der Waals surface area contributed by atoms with E-state index in [0.717, 1.165) is 12.0 Å². The van der Waals surface area contributed by atoms with Gasteiger partial charge in [0.05, 0.1) is 0 Å². The van der Waals surface area contributed by atoms with Crippen LogP contribution in [0, 0.1) is 5.92 Å². The molecule has 1 aromatic carbocycles. The van der Waals surface area contributed by atoms with E-state index in [1.807, 2.05) is 0 Å². The first-order valence-electron chi connectivity index (χ1n) is 7.87. The molecule has 1 heterocycles. The van der Waals surface area contributed by atoms with Crippen LogP contribution in [0.15, 0.2) is 36.4 Å². The van der Waals surface area contributed by atoms with Crippen molar-refractivity contribution in [2.45, 2.75) is 44.6 Å². The monoisotopic (exact) mass is 255 g/mol. The summed E-state index contributed by atoms with van der Waals surface area (Å²) < 4.78 is 0. The van der Waals surface area contributed by atoms with Crippen molar-refractivity contribution >= 4 is 6.08 Å². The van der Waals surface area contributed by atoms with E-state index in [4.69, 9.17) is 0 Å². The van der Waals surface area contributed by atoms with Crippen LogP contribution in [0.4, 0.5) is 0 Å². The third-order valence-corrected chi connectivity index (χ3v) is 4.46.